The standard InChI is InChI=1S/C15H18FNO3/c16-12-7-5-11(6-8-12)15(20)17(10-9-14(18)19)13-3-1-2-4-13/h5-8,13H,1-4,9-10H2,(H,18,19). The molecule has 0 aromatic heterocycles. The molecular formula is C15H18FNO3. The number of benzene rings is 1. The number of aliphatic carboxylic acids is 1. The Labute approximate surface area is 117 Å². The van der Waals surface area contributed by atoms with E-state index in [-0.39, 0.29) is 30.7 Å². The molecule has 2 rings (SSSR count). The van der Waals surface area contributed by atoms with Gasteiger partial charge in [-0.25, -0.2) is 4.39 Å². The number of hydrogen-bond acceptors (Lipinski definition) is 2. The Bertz CT molecular complexity index is 480. The smallest absolute Gasteiger partial charge is 0.305 e. The number of hydrogen-bond donors (Lipinski definition) is 1. The summed E-state index contributed by atoms with van der Waals surface area (Å²) in [5.74, 6) is -1.52. The molecule has 1 fully saturated rings. The van der Waals surface area contributed by atoms with E-state index in [2.05, 4.69) is 0 Å². The van der Waals surface area contributed by atoms with Gasteiger partial charge in [0.25, 0.3) is 5.91 Å². The van der Waals surface area contributed by atoms with Gasteiger partial charge in [-0.05, 0) is 37.1 Å². The number of amides is 1. The highest BCUT2D eigenvalue weighted by Crippen LogP contribution is 2.25. The highest BCUT2D eigenvalue weighted by Gasteiger charge is 2.27. The Hall–Kier alpha value is -1.91. The highest BCUT2D eigenvalue weighted by molar-refractivity contribution is 5.94. The average Bonchev–Trinajstić information content (AvgIpc) is 2.93. The summed E-state index contributed by atoms with van der Waals surface area (Å²) in [5, 5.41) is 8.81. The normalized spacial score (nSPS) is 15.2. The summed E-state index contributed by atoms with van der Waals surface area (Å²) >= 11 is 0. The largest absolute Gasteiger partial charge is 0.481 e. The van der Waals surface area contributed by atoms with E-state index in [4.69, 9.17) is 5.11 Å². The van der Waals surface area contributed by atoms with Crippen LogP contribution in [-0.2, 0) is 4.79 Å². The number of carbonyl (C=O) groups is 2. The second-order valence-electron chi connectivity index (χ2n) is 5.09. The van der Waals surface area contributed by atoms with Crippen molar-refractivity contribution in [1.29, 1.82) is 0 Å². The first-order valence-electron chi connectivity index (χ1n) is 6.86. The number of rotatable bonds is 5. The molecule has 1 N–H and O–H groups in total. The molecule has 0 heterocycles. The van der Waals surface area contributed by atoms with E-state index in [1.807, 2.05) is 0 Å². The molecule has 0 bridgehead atoms. The number of carboxylic acids is 1. The van der Waals surface area contributed by atoms with Gasteiger partial charge in [-0.2, -0.15) is 0 Å². The molecule has 1 aliphatic carbocycles. The van der Waals surface area contributed by atoms with Crippen molar-refractivity contribution in [2.75, 3.05) is 6.54 Å². The molecule has 0 unspecified atom stereocenters. The first kappa shape index (κ1) is 14.5. The lowest BCUT2D eigenvalue weighted by Crippen LogP contribution is -2.40. The molecule has 0 radical (unpaired) electrons. The van der Waals surface area contributed by atoms with Gasteiger partial charge in [0, 0.05) is 18.2 Å². The van der Waals surface area contributed by atoms with Crippen LogP contribution in [0.1, 0.15) is 42.5 Å². The Balaban J connectivity index is 2.13. The fourth-order valence-electron chi connectivity index (χ4n) is 2.64. The summed E-state index contributed by atoms with van der Waals surface area (Å²) in [5.41, 5.74) is 0.406. The van der Waals surface area contributed by atoms with Crippen LogP contribution in [0.25, 0.3) is 0 Å². The van der Waals surface area contributed by atoms with Crippen LogP contribution in [0.3, 0.4) is 0 Å². The van der Waals surface area contributed by atoms with Gasteiger partial charge in [0.2, 0.25) is 0 Å². The van der Waals surface area contributed by atoms with Crippen molar-refractivity contribution in [3.05, 3.63) is 35.6 Å². The van der Waals surface area contributed by atoms with E-state index in [1.54, 1.807) is 4.90 Å². The van der Waals surface area contributed by atoms with E-state index in [9.17, 15) is 14.0 Å². The third-order valence-corrected chi connectivity index (χ3v) is 3.68. The molecule has 4 nitrogen and oxygen atoms in total. The monoisotopic (exact) mass is 279 g/mol. The van der Waals surface area contributed by atoms with E-state index < -0.39 is 5.97 Å². The number of carbonyl (C=O) groups excluding carboxylic acids is 1. The molecule has 1 aromatic rings. The fraction of sp³-hybridized carbons (Fsp3) is 0.467. The molecule has 1 aliphatic rings. The van der Waals surface area contributed by atoms with Crippen molar-refractivity contribution in [3.8, 4) is 0 Å². The maximum Gasteiger partial charge on any atom is 0.305 e. The molecule has 20 heavy (non-hydrogen) atoms. The zero-order chi connectivity index (χ0) is 14.5. The van der Waals surface area contributed by atoms with Gasteiger partial charge in [0.1, 0.15) is 5.82 Å². The van der Waals surface area contributed by atoms with Gasteiger partial charge in [-0.3, -0.25) is 9.59 Å². The minimum atomic E-state index is -0.917. The molecular weight excluding hydrogens is 261 g/mol. The van der Waals surface area contributed by atoms with Crippen molar-refractivity contribution in [3.63, 3.8) is 0 Å². The molecule has 0 spiro atoms. The summed E-state index contributed by atoms with van der Waals surface area (Å²) in [6, 6.07) is 5.49. The van der Waals surface area contributed by atoms with Crippen LogP contribution in [0, 0.1) is 5.82 Å². The molecule has 1 amide bonds. The minimum absolute atomic E-state index is 0.0660. The Morgan fingerprint density at radius 3 is 2.35 bits per heavy atom. The van der Waals surface area contributed by atoms with Crippen LogP contribution >= 0.6 is 0 Å². The third kappa shape index (κ3) is 3.56. The van der Waals surface area contributed by atoms with Crippen LogP contribution in [-0.4, -0.2) is 34.5 Å². The topological polar surface area (TPSA) is 57.6 Å². The minimum Gasteiger partial charge on any atom is -0.481 e. The quantitative estimate of drug-likeness (QED) is 0.901. The van der Waals surface area contributed by atoms with E-state index in [0.29, 0.717) is 5.56 Å². The van der Waals surface area contributed by atoms with Crippen molar-refractivity contribution in [2.45, 2.75) is 38.1 Å². The van der Waals surface area contributed by atoms with Crippen molar-refractivity contribution in [1.82, 2.24) is 4.90 Å². The predicted molar refractivity (Wildman–Crippen MR) is 71.9 cm³/mol. The summed E-state index contributed by atoms with van der Waals surface area (Å²) in [6.45, 7) is 0.205. The lowest BCUT2D eigenvalue weighted by atomic mass is 10.1. The molecule has 0 aliphatic heterocycles. The maximum atomic E-state index is 12.9. The highest BCUT2D eigenvalue weighted by atomic mass is 19.1. The Morgan fingerprint density at radius 2 is 1.80 bits per heavy atom. The molecule has 0 saturated heterocycles. The average molecular weight is 279 g/mol. The van der Waals surface area contributed by atoms with Crippen LogP contribution in [0.4, 0.5) is 4.39 Å². The van der Waals surface area contributed by atoms with E-state index >= 15 is 0 Å². The van der Waals surface area contributed by atoms with Crippen molar-refractivity contribution >= 4 is 11.9 Å². The maximum absolute atomic E-state index is 12.9. The van der Waals surface area contributed by atoms with Crippen molar-refractivity contribution < 1.29 is 19.1 Å². The number of nitrogens with zero attached hydrogens (tertiary/aromatic N) is 1. The van der Waals surface area contributed by atoms with Gasteiger partial charge in [-0.1, -0.05) is 12.8 Å². The van der Waals surface area contributed by atoms with Crippen LogP contribution in [0.15, 0.2) is 24.3 Å². The van der Waals surface area contributed by atoms with Gasteiger partial charge in [0.05, 0.1) is 6.42 Å². The first-order valence-corrected chi connectivity index (χ1v) is 6.86. The Morgan fingerprint density at radius 1 is 1.20 bits per heavy atom. The SMILES string of the molecule is O=C(O)CCN(C(=O)c1ccc(F)cc1)C1CCCC1. The second-order valence-corrected chi connectivity index (χ2v) is 5.09. The molecule has 108 valence electrons. The number of halogens is 1. The molecule has 0 atom stereocenters. The van der Waals surface area contributed by atoms with Gasteiger partial charge in [0.15, 0.2) is 0 Å². The zero-order valence-corrected chi connectivity index (χ0v) is 11.2. The van der Waals surface area contributed by atoms with Crippen LogP contribution < -0.4 is 0 Å². The first-order chi connectivity index (χ1) is 9.58. The number of carboxylic acid groups (broad SMARTS) is 1. The molecule has 1 saturated carbocycles. The summed E-state index contributed by atoms with van der Waals surface area (Å²) in [6.07, 6.45) is 3.87. The van der Waals surface area contributed by atoms with Gasteiger partial charge < -0.3 is 10.0 Å². The lowest BCUT2D eigenvalue weighted by Gasteiger charge is -2.28. The van der Waals surface area contributed by atoms with Gasteiger partial charge >= 0.3 is 5.97 Å². The third-order valence-electron chi connectivity index (χ3n) is 3.68. The summed E-state index contributed by atoms with van der Waals surface area (Å²) in [4.78, 5) is 24.8. The fourth-order valence-corrected chi connectivity index (χ4v) is 2.64. The second kappa shape index (κ2) is 6.50. The van der Waals surface area contributed by atoms with Crippen molar-refractivity contribution in [2.24, 2.45) is 0 Å². The summed E-state index contributed by atoms with van der Waals surface area (Å²) in [7, 11) is 0. The summed E-state index contributed by atoms with van der Waals surface area (Å²) < 4.78 is 12.9. The molecule has 5 heteroatoms. The predicted octanol–water partition coefficient (Wildman–Crippen LogP) is 2.69. The van der Waals surface area contributed by atoms with Gasteiger partial charge in [-0.15, -0.1) is 0 Å². The molecule has 1 aromatic carbocycles. The van der Waals surface area contributed by atoms with Crippen LogP contribution in [0.5, 0.6) is 0 Å². The zero-order valence-electron chi connectivity index (χ0n) is 11.2. The lowest BCUT2D eigenvalue weighted by molar-refractivity contribution is -0.137. The van der Waals surface area contributed by atoms with Crippen LogP contribution in [0.2, 0.25) is 0 Å². The Kier molecular flexibility index (Phi) is 4.71. The van der Waals surface area contributed by atoms with E-state index in [0.717, 1.165) is 25.7 Å². The van der Waals surface area contributed by atoms with E-state index in [1.165, 1.54) is 24.3 Å².